The Morgan fingerprint density at radius 3 is 2.68 bits per heavy atom. The number of Topliss-reactive ketones (excluding diaryl/α,β-unsaturated/α-hetero) is 1. The first-order valence-corrected chi connectivity index (χ1v) is 11.4. The first-order chi connectivity index (χ1) is 14.8. The van der Waals surface area contributed by atoms with Crippen molar-refractivity contribution >= 4 is 21.7 Å². The summed E-state index contributed by atoms with van der Waals surface area (Å²) in [6.07, 6.45) is 3.44. The van der Waals surface area contributed by atoms with Crippen molar-refractivity contribution in [3.63, 3.8) is 0 Å². The van der Waals surface area contributed by atoms with Gasteiger partial charge in [0.05, 0.1) is 25.7 Å². The van der Waals surface area contributed by atoms with Crippen LogP contribution in [0.1, 0.15) is 12.0 Å². The monoisotopic (exact) mass is 444 g/mol. The van der Waals surface area contributed by atoms with Crippen molar-refractivity contribution in [2.24, 2.45) is 5.73 Å². The Kier molecular flexibility index (Phi) is 5.78. The van der Waals surface area contributed by atoms with E-state index in [2.05, 4.69) is 4.98 Å². The van der Waals surface area contributed by atoms with E-state index in [-0.39, 0.29) is 29.7 Å². The van der Waals surface area contributed by atoms with Crippen LogP contribution in [0.5, 0.6) is 5.75 Å². The van der Waals surface area contributed by atoms with Gasteiger partial charge in [0.2, 0.25) is 15.9 Å². The van der Waals surface area contributed by atoms with E-state index < -0.39 is 28.1 Å². The number of ether oxygens (including phenoxy) is 1. The molecule has 31 heavy (non-hydrogen) atoms. The first kappa shape index (κ1) is 21.4. The molecule has 10 heteroatoms. The van der Waals surface area contributed by atoms with Crippen molar-refractivity contribution in [1.29, 1.82) is 0 Å². The third-order valence-electron chi connectivity index (χ3n) is 5.83. The summed E-state index contributed by atoms with van der Waals surface area (Å²) in [6.45, 7) is 0.0271. The molecule has 3 atom stereocenters. The van der Waals surface area contributed by atoms with Crippen LogP contribution in [0.4, 0.5) is 0 Å². The third kappa shape index (κ3) is 3.93. The molecular weight excluding hydrogens is 420 g/mol. The van der Waals surface area contributed by atoms with Gasteiger partial charge in [0.15, 0.2) is 5.78 Å². The minimum atomic E-state index is -3.88. The molecule has 1 amide bonds. The van der Waals surface area contributed by atoms with Crippen LogP contribution in [-0.2, 0) is 26.0 Å². The predicted molar refractivity (Wildman–Crippen MR) is 112 cm³/mol. The molecule has 164 valence electrons. The number of sulfonamides is 1. The average molecular weight is 445 g/mol. The SMILES string of the molecule is COc1ccc(CC(N)C(=O)N2CCC3C2C(=O)CN3S(=O)(=O)c2cccnc2)cc1. The molecule has 2 aliphatic heterocycles. The summed E-state index contributed by atoms with van der Waals surface area (Å²) >= 11 is 0. The number of hydrogen-bond acceptors (Lipinski definition) is 7. The number of hydrogen-bond donors (Lipinski definition) is 1. The topological polar surface area (TPSA) is 123 Å². The molecule has 0 bridgehead atoms. The van der Waals surface area contributed by atoms with E-state index in [1.165, 1.54) is 33.7 Å². The number of aromatic nitrogens is 1. The van der Waals surface area contributed by atoms with E-state index in [9.17, 15) is 18.0 Å². The molecule has 2 fully saturated rings. The second kappa shape index (κ2) is 8.37. The van der Waals surface area contributed by atoms with Gasteiger partial charge in [-0.2, -0.15) is 4.31 Å². The van der Waals surface area contributed by atoms with Gasteiger partial charge in [-0.25, -0.2) is 8.42 Å². The number of fused-ring (bicyclic) bond motifs is 1. The van der Waals surface area contributed by atoms with E-state index in [1.54, 1.807) is 19.2 Å². The van der Waals surface area contributed by atoms with Gasteiger partial charge in [0.1, 0.15) is 16.7 Å². The van der Waals surface area contributed by atoms with Crippen LogP contribution in [0.3, 0.4) is 0 Å². The van der Waals surface area contributed by atoms with Crippen molar-refractivity contribution in [3.8, 4) is 5.75 Å². The lowest BCUT2D eigenvalue weighted by Gasteiger charge is -2.26. The van der Waals surface area contributed by atoms with Gasteiger partial charge in [-0.1, -0.05) is 12.1 Å². The average Bonchev–Trinajstić information content (AvgIpc) is 3.36. The summed E-state index contributed by atoms with van der Waals surface area (Å²) in [6, 6.07) is 8.01. The maximum absolute atomic E-state index is 13.0. The quantitative estimate of drug-likeness (QED) is 0.675. The number of methoxy groups -OCH3 is 1. The molecule has 2 N–H and O–H groups in total. The van der Waals surface area contributed by atoms with Gasteiger partial charge in [-0.15, -0.1) is 0 Å². The molecule has 0 spiro atoms. The largest absolute Gasteiger partial charge is 0.497 e. The van der Waals surface area contributed by atoms with Gasteiger partial charge in [-0.3, -0.25) is 14.6 Å². The number of nitrogens with zero attached hydrogens (tertiary/aromatic N) is 3. The highest BCUT2D eigenvalue weighted by molar-refractivity contribution is 7.89. The molecule has 2 aliphatic rings. The van der Waals surface area contributed by atoms with Crippen LogP contribution in [0.2, 0.25) is 0 Å². The van der Waals surface area contributed by atoms with E-state index in [4.69, 9.17) is 10.5 Å². The number of carbonyl (C=O) groups is 2. The van der Waals surface area contributed by atoms with E-state index in [1.807, 2.05) is 12.1 Å². The number of ketones is 1. The van der Waals surface area contributed by atoms with E-state index in [0.717, 1.165) is 5.56 Å². The Hall–Kier alpha value is -2.82. The van der Waals surface area contributed by atoms with Gasteiger partial charge in [-0.05, 0) is 42.7 Å². The van der Waals surface area contributed by atoms with Crippen molar-refractivity contribution in [1.82, 2.24) is 14.2 Å². The molecule has 0 radical (unpaired) electrons. The lowest BCUT2D eigenvalue weighted by atomic mass is 10.0. The number of carbonyl (C=O) groups excluding carboxylic acids is 2. The highest BCUT2D eigenvalue weighted by Gasteiger charge is 2.54. The fourth-order valence-electron chi connectivity index (χ4n) is 4.29. The van der Waals surface area contributed by atoms with Crippen LogP contribution in [-0.4, -0.2) is 72.6 Å². The molecule has 2 saturated heterocycles. The normalized spacial score (nSPS) is 22.4. The Bertz CT molecular complexity index is 1070. The molecule has 1 aromatic carbocycles. The van der Waals surface area contributed by atoms with E-state index in [0.29, 0.717) is 18.6 Å². The number of likely N-dealkylation sites (tertiary alicyclic amines) is 1. The first-order valence-electron chi connectivity index (χ1n) is 9.96. The number of rotatable bonds is 6. The van der Waals surface area contributed by atoms with Crippen molar-refractivity contribution in [2.75, 3.05) is 20.2 Å². The Balaban J connectivity index is 1.49. The van der Waals surface area contributed by atoms with Gasteiger partial charge in [0.25, 0.3) is 0 Å². The Morgan fingerprint density at radius 2 is 2.03 bits per heavy atom. The zero-order valence-corrected chi connectivity index (χ0v) is 17.9. The zero-order chi connectivity index (χ0) is 22.2. The molecular formula is C21H24N4O5S. The Labute approximate surface area is 180 Å². The summed E-state index contributed by atoms with van der Waals surface area (Å²) in [7, 11) is -2.31. The minimum absolute atomic E-state index is 0.0319. The smallest absolute Gasteiger partial charge is 0.245 e. The van der Waals surface area contributed by atoms with Crippen molar-refractivity contribution < 1.29 is 22.7 Å². The molecule has 4 rings (SSSR count). The second-order valence-electron chi connectivity index (χ2n) is 7.70. The molecule has 9 nitrogen and oxygen atoms in total. The highest BCUT2D eigenvalue weighted by Crippen LogP contribution is 2.34. The molecule has 3 heterocycles. The van der Waals surface area contributed by atoms with Crippen LogP contribution >= 0.6 is 0 Å². The molecule has 0 saturated carbocycles. The fraction of sp³-hybridized carbons (Fsp3) is 0.381. The number of benzene rings is 1. The van der Waals surface area contributed by atoms with Gasteiger partial charge in [0, 0.05) is 18.9 Å². The number of pyridine rings is 1. The number of nitrogens with two attached hydrogens (primary N) is 1. The van der Waals surface area contributed by atoms with Crippen molar-refractivity contribution in [3.05, 3.63) is 54.4 Å². The van der Waals surface area contributed by atoms with Crippen molar-refractivity contribution in [2.45, 2.75) is 35.9 Å². The lowest BCUT2D eigenvalue weighted by molar-refractivity contribution is -0.137. The van der Waals surface area contributed by atoms with Crippen LogP contribution < -0.4 is 10.5 Å². The molecule has 2 aromatic rings. The predicted octanol–water partition coefficient (Wildman–Crippen LogP) is 0.203. The van der Waals surface area contributed by atoms with Crippen LogP contribution in [0.25, 0.3) is 0 Å². The third-order valence-corrected chi connectivity index (χ3v) is 7.69. The van der Waals surface area contributed by atoms with Gasteiger partial charge < -0.3 is 15.4 Å². The highest BCUT2D eigenvalue weighted by atomic mass is 32.2. The van der Waals surface area contributed by atoms with E-state index >= 15 is 0 Å². The molecule has 3 unspecified atom stereocenters. The maximum Gasteiger partial charge on any atom is 0.245 e. The minimum Gasteiger partial charge on any atom is -0.497 e. The summed E-state index contributed by atoms with van der Waals surface area (Å²) < 4.78 is 32.4. The standard InChI is InChI=1S/C21H24N4O5S/c1-30-15-6-4-14(5-7-15)11-17(22)21(27)24-10-8-18-20(24)19(26)13-25(18)31(28,29)16-3-2-9-23-12-16/h2-7,9,12,17-18,20H,8,10-11,13,22H2,1H3. The van der Waals surface area contributed by atoms with Crippen LogP contribution in [0.15, 0.2) is 53.7 Å². The zero-order valence-electron chi connectivity index (χ0n) is 17.0. The maximum atomic E-state index is 13.0. The second-order valence-corrected chi connectivity index (χ2v) is 9.59. The summed E-state index contributed by atoms with van der Waals surface area (Å²) in [4.78, 5) is 31.1. The summed E-state index contributed by atoms with van der Waals surface area (Å²) in [5.41, 5.74) is 7.04. The Morgan fingerprint density at radius 1 is 1.29 bits per heavy atom. The summed E-state index contributed by atoms with van der Waals surface area (Å²) in [5.74, 6) is 0.0646. The molecule has 0 aliphatic carbocycles. The molecule has 1 aromatic heterocycles. The number of amides is 1. The summed E-state index contributed by atoms with van der Waals surface area (Å²) in [5, 5.41) is 0. The van der Waals surface area contributed by atoms with Crippen LogP contribution in [0, 0.1) is 0 Å². The van der Waals surface area contributed by atoms with Gasteiger partial charge >= 0.3 is 0 Å². The fourth-order valence-corrected chi connectivity index (χ4v) is 5.88. The lowest BCUT2D eigenvalue weighted by Crippen LogP contribution is -2.50.